The Labute approximate surface area is 194 Å². The van der Waals surface area contributed by atoms with E-state index in [1.807, 2.05) is 50.2 Å². The molecule has 0 bridgehead atoms. The fraction of sp³-hybridized carbons (Fsp3) is 0.333. The average Bonchev–Trinajstić information content (AvgIpc) is 3.25. The van der Waals surface area contributed by atoms with Crippen LogP contribution < -0.4 is 4.74 Å². The molecule has 2 aromatic heterocycles. The summed E-state index contributed by atoms with van der Waals surface area (Å²) in [5, 5.41) is 8.23. The zero-order valence-corrected chi connectivity index (χ0v) is 19.7. The Kier molecular flexibility index (Phi) is 6.82. The largest absolute Gasteiger partial charge is 0.476 e. The monoisotopic (exact) mass is 442 g/mol. The molecular formula is C27H30N4O2. The van der Waals surface area contributed by atoms with E-state index in [1.54, 1.807) is 0 Å². The molecule has 0 N–H and O–H groups in total. The number of ether oxygens (including phenoxy) is 1. The number of rotatable bonds is 9. The van der Waals surface area contributed by atoms with Gasteiger partial charge in [-0.25, -0.2) is 9.97 Å². The zero-order chi connectivity index (χ0) is 23.3. The molecule has 2 heterocycles. The standard InChI is InChI=1S/C27H30N4O2/c1-5-23-30-31-24(33-23)18-27(3,4)16-10-12-19-11-9-13-20(17-19)25-26(32-6-2)29-22-15-8-7-14-21(22)28-25/h7-15,17H,5-6,16,18H2,1-4H3/b12-10+. The minimum absolute atomic E-state index is 0.0115. The molecule has 6 nitrogen and oxygen atoms in total. The summed E-state index contributed by atoms with van der Waals surface area (Å²) in [5.74, 6) is 1.95. The first kappa shape index (κ1) is 22.6. The van der Waals surface area contributed by atoms with Crippen molar-refractivity contribution in [3.63, 3.8) is 0 Å². The summed E-state index contributed by atoms with van der Waals surface area (Å²) in [5.41, 5.74) is 4.54. The average molecular weight is 443 g/mol. The molecule has 0 aliphatic rings. The van der Waals surface area contributed by atoms with Gasteiger partial charge in [0.1, 0.15) is 5.69 Å². The number of aryl methyl sites for hydroxylation is 1. The molecule has 4 aromatic rings. The molecule has 2 aromatic carbocycles. The maximum absolute atomic E-state index is 5.82. The van der Waals surface area contributed by atoms with Gasteiger partial charge in [-0.05, 0) is 42.5 Å². The number of nitrogens with zero attached hydrogens (tertiary/aromatic N) is 4. The molecular weight excluding hydrogens is 412 g/mol. The molecule has 0 spiro atoms. The quantitative estimate of drug-likeness (QED) is 0.302. The van der Waals surface area contributed by atoms with Crippen LogP contribution in [0.4, 0.5) is 0 Å². The summed E-state index contributed by atoms with van der Waals surface area (Å²) >= 11 is 0. The molecule has 33 heavy (non-hydrogen) atoms. The van der Waals surface area contributed by atoms with Crippen LogP contribution in [0.1, 0.15) is 51.5 Å². The first-order valence-electron chi connectivity index (χ1n) is 11.5. The Morgan fingerprint density at radius 2 is 1.70 bits per heavy atom. The number of para-hydroxylation sites is 2. The maximum Gasteiger partial charge on any atom is 0.241 e. The van der Waals surface area contributed by atoms with Crippen molar-refractivity contribution in [2.24, 2.45) is 5.41 Å². The first-order valence-corrected chi connectivity index (χ1v) is 11.5. The van der Waals surface area contributed by atoms with Crippen molar-refractivity contribution in [2.45, 2.75) is 47.0 Å². The fourth-order valence-corrected chi connectivity index (χ4v) is 3.70. The lowest BCUT2D eigenvalue weighted by molar-refractivity contribution is 0.319. The van der Waals surface area contributed by atoms with Crippen LogP contribution in [0, 0.1) is 5.41 Å². The van der Waals surface area contributed by atoms with E-state index in [1.165, 1.54) is 0 Å². The van der Waals surface area contributed by atoms with Crippen LogP contribution in [0.2, 0.25) is 0 Å². The van der Waals surface area contributed by atoms with Crippen LogP contribution in [-0.2, 0) is 12.8 Å². The molecule has 170 valence electrons. The molecule has 0 aliphatic heterocycles. The van der Waals surface area contributed by atoms with E-state index in [0.717, 1.165) is 47.1 Å². The lowest BCUT2D eigenvalue weighted by atomic mass is 9.85. The van der Waals surface area contributed by atoms with Gasteiger partial charge in [0.2, 0.25) is 17.7 Å². The highest BCUT2D eigenvalue weighted by atomic mass is 16.5. The van der Waals surface area contributed by atoms with E-state index < -0.39 is 0 Å². The van der Waals surface area contributed by atoms with E-state index >= 15 is 0 Å². The van der Waals surface area contributed by atoms with Gasteiger partial charge in [0, 0.05) is 18.4 Å². The number of aromatic nitrogens is 4. The Morgan fingerprint density at radius 1 is 0.939 bits per heavy atom. The van der Waals surface area contributed by atoms with Crippen LogP contribution >= 0.6 is 0 Å². The first-order chi connectivity index (χ1) is 16.0. The van der Waals surface area contributed by atoms with E-state index in [-0.39, 0.29) is 5.41 Å². The summed E-state index contributed by atoms with van der Waals surface area (Å²) in [7, 11) is 0. The predicted molar refractivity (Wildman–Crippen MR) is 131 cm³/mol. The van der Waals surface area contributed by atoms with Gasteiger partial charge >= 0.3 is 0 Å². The zero-order valence-electron chi connectivity index (χ0n) is 19.7. The van der Waals surface area contributed by atoms with Gasteiger partial charge in [-0.2, -0.15) is 0 Å². The summed E-state index contributed by atoms with van der Waals surface area (Å²) in [6.45, 7) is 8.93. The Morgan fingerprint density at radius 3 is 2.42 bits per heavy atom. The van der Waals surface area contributed by atoms with Crippen molar-refractivity contribution in [3.05, 3.63) is 72.0 Å². The van der Waals surface area contributed by atoms with Crippen LogP contribution in [0.15, 0.2) is 59.0 Å². The molecule has 0 fully saturated rings. The number of benzene rings is 2. The van der Waals surface area contributed by atoms with Gasteiger partial charge in [-0.3, -0.25) is 0 Å². The Balaban J connectivity index is 1.53. The smallest absolute Gasteiger partial charge is 0.241 e. The molecule has 0 saturated heterocycles. The second kappa shape index (κ2) is 9.94. The number of fused-ring (bicyclic) bond motifs is 1. The highest BCUT2D eigenvalue weighted by molar-refractivity contribution is 5.80. The van der Waals surface area contributed by atoms with E-state index in [0.29, 0.717) is 24.3 Å². The molecule has 0 unspecified atom stereocenters. The summed E-state index contributed by atoms with van der Waals surface area (Å²) in [6.07, 6.45) is 6.74. The van der Waals surface area contributed by atoms with Gasteiger partial charge in [-0.1, -0.05) is 63.3 Å². The van der Waals surface area contributed by atoms with Crippen LogP contribution in [-0.4, -0.2) is 26.8 Å². The van der Waals surface area contributed by atoms with E-state index in [2.05, 4.69) is 48.3 Å². The second-order valence-corrected chi connectivity index (χ2v) is 8.82. The molecule has 0 amide bonds. The lowest BCUT2D eigenvalue weighted by Gasteiger charge is -2.20. The van der Waals surface area contributed by atoms with Crippen molar-refractivity contribution in [1.29, 1.82) is 0 Å². The van der Waals surface area contributed by atoms with Crippen LogP contribution in [0.3, 0.4) is 0 Å². The van der Waals surface area contributed by atoms with Crippen molar-refractivity contribution in [3.8, 4) is 17.1 Å². The summed E-state index contributed by atoms with van der Waals surface area (Å²) < 4.78 is 11.5. The normalized spacial score (nSPS) is 12.0. The van der Waals surface area contributed by atoms with E-state index in [4.69, 9.17) is 19.1 Å². The van der Waals surface area contributed by atoms with Crippen LogP contribution in [0.25, 0.3) is 28.4 Å². The van der Waals surface area contributed by atoms with E-state index in [9.17, 15) is 0 Å². The molecule has 0 aliphatic carbocycles. The number of hydrogen-bond acceptors (Lipinski definition) is 6. The third-order valence-corrected chi connectivity index (χ3v) is 5.40. The second-order valence-electron chi connectivity index (χ2n) is 8.82. The highest BCUT2D eigenvalue weighted by Gasteiger charge is 2.20. The lowest BCUT2D eigenvalue weighted by Crippen LogP contribution is -2.14. The SMILES string of the molecule is CCOc1nc2ccccc2nc1-c1cccc(/C=C/CC(C)(C)Cc2nnc(CC)o2)c1. The van der Waals surface area contributed by atoms with Crippen molar-refractivity contribution in [1.82, 2.24) is 20.2 Å². The summed E-state index contributed by atoms with van der Waals surface area (Å²) in [4.78, 5) is 9.54. The topological polar surface area (TPSA) is 73.9 Å². The Bertz CT molecular complexity index is 1260. The third kappa shape index (κ3) is 5.64. The molecule has 6 heteroatoms. The maximum atomic E-state index is 5.82. The Hall–Kier alpha value is -3.54. The molecule has 0 saturated carbocycles. The molecule has 0 atom stereocenters. The van der Waals surface area contributed by atoms with Crippen molar-refractivity contribution >= 4 is 17.1 Å². The minimum atomic E-state index is 0.0115. The van der Waals surface area contributed by atoms with Crippen molar-refractivity contribution in [2.75, 3.05) is 6.61 Å². The van der Waals surface area contributed by atoms with Gasteiger partial charge in [0.15, 0.2) is 0 Å². The van der Waals surface area contributed by atoms with Crippen molar-refractivity contribution < 1.29 is 9.15 Å². The van der Waals surface area contributed by atoms with Gasteiger partial charge < -0.3 is 9.15 Å². The molecule has 4 rings (SSSR count). The number of hydrogen-bond donors (Lipinski definition) is 0. The third-order valence-electron chi connectivity index (χ3n) is 5.40. The van der Waals surface area contributed by atoms with Gasteiger partial charge in [0.25, 0.3) is 0 Å². The fourth-order valence-electron chi connectivity index (χ4n) is 3.70. The van der Waals surface area contributed by atoms with Crippen LogP contribution in [0.5, 0.6) is 5.88 Å². The molecule has 0 radical (unpaired) electrons. The highest BCUT2D eigenvalue weighted by Crippen LogP contribution is 2.30. The van der Waals surface area contributed by atoms with Gasteiger partial charge in [0.05, 0.1) is 17.6 Å². The van der Waals surface area contributed by atoms with Gasteiger partial charge in [-0.15, -0.1) is 10.2 Å². The predicted octanol–water partition coefficient (Wildman–Crippen LogP) is 6.31. The number of allylic oxidation sites excluding steroid dienone is 1. The minimum Gasteiger partial charge on any atom is -0.476 e. The summed E-state index contributed by atoms with van der Waals surface area (Å²) in [6, 6.07) is 16.2.